The first kappa shape index (κ1) is 22.4. The summed E-state index contributed by atoms with van der Waals surface area (Å²) in [5, 5.41) is 4.96. The van der Waals surface area contributed by atoms with Gasteiger partial charge in [0, 0.05) is 52.7 Å². The van der Waals surface area contributed by atoms with Crippen molar-refractivity contribution in [3.05, 3.63) is 114 Å². The molecule has 0 aliphatic rings. The van der Waals surface area contributed by atoms with Gasteiger partial charge in [-0.3, -0.25) is 0 Å². The fourth-order valence-electron chi connectivity index (χ4n) is 5.24. The maximum absolute atomic E-state index is 6.39. The molecule has 39 heavy (non-hydrogen) atoms. The average Bonchev–Trinajstić information content (AvgIpc) is 3.55. The van der Waals surface area contributed by atoms with Crippen molar-refractivity contribution in [3.63, 3.8) is 0 Å². The van der Waals surface area contributed by atoms with Crippen molar-refractivity contribution in [2.75, 3.05) is 0 Å². The summed E-state index contributed by atoms with van der Waals surface area (Å²) in [6, 6.07) is 36.5. The van der Waals surface area contributed by atoms with Crippen LogP contribution in [0.2, 0.25) is 5.02 Å². The lowest BCUT2D eigenvalue weighted by Crippen LogP contribution is -2.00. The third-order valence-corrected chi connectivity index (χ3v) is 8.47. The number of thiophene rings is 1. The molecule has 0 radical (unpaired) electrons. The molecular formula is C33H18ClN3OS. The highest BCUT2D eigenvalue weighted by molar-refractivity contribution is 7.26. The Morgan fingerprint density at radius 2 is 1.28 bits per heavy atom. The Morgan fingerprint density at radius 3 is 2.18 bits per heavy atom. The van der Waals surface area contributed by atoms with Gasteiger partial charge in [0.15, 0.2) is 17.5 Å². The molecule has 184 valence electrons. The molecule has 0 fully saturated rings. The van der Waals surface area contributed by atoms with E-state index < -0.39 is 0 Å². The minimum atomic E-state index is 0.588. The molecular weight excluding hydrogens is 522 g/mol. The van der Waals surface area contributed by atoms with Gasteiger partial charge < -0.3 is 4.42 Å². The fraction of sp³-hybridized carbons (Fsp3) is 0. The number of aromatic nitrogens is 3. The van der Waals surface area contributed by atoms with Crippen molar-refractivity contribution in [2.45, 2.75) is 0 Å². The van der Waals surface area contributed by atoms with Gasteiger partial charge in [0.1, 0.15) is 11.2 Å². The van der Waals surface area contributed by atoms with E-state index in [9.17, 15) is 0 Å². The summed E-state index contributed by atoms with van der Waals surface area (Å²) in [5.41, 5.74) is 4.33. The van der Waals surface area contributed by atoms with Crippen LogP contribution in [0.1, 0.15) is 0 Å². The molecule has 0 unspecified atom stereocenters. The van der Waals surface area contributed by atoms with E-state index in [1.54, 1.807) is 11.3 Å². The Bertz CT molecular complexity index is 2200. The number of nitrogens with zero attached hydrogens (tertiary/aromatic N) is 3. The van der Waals surface area contributed by atoms with Crippen LogP contribution in [0.4, 0.5) is 0 Å². The number of rotatable bonds is 3. The van der Waals surface area contributed by atoms with Crippen LogP contribution in [0.25, 0.3) is 76.3 Å². The first-order valence-electron chi connectivity index (χ1n) is 12.6. The minimum Gasteiger partial charge on any atom is -0.456 e. The summed E-state index contributed by atoms with van der Waals surface area (Å²) < 4.78 is 8.56. The lowest BCUT2D eigenvalue weighted by atomic mass is 10.0. The summed E-state index contributed by atoms with van der Waals surface area (Å²) in [4.78, 5) is 15.1. The van der Waals surface area contributed by atoms with Crippen LogP contribution in [0.15, 0.2) is 114 Å². The Balaban J connectivity index is 1.44. The van der Waals surface area contributed by atoms with E-state index in [0.29, 0.717) is 22.5 Å². The van der Waals surface area contributed by atoms with Crippen LogP contribution < -0.4 is 0 Å². The van der Waals surface area contributed by atoms with E-state index >= 15 is 0 Å². The number of furan rings is 1. The van der Waals surface area contributed by atoms with Crippen LogP contribution in [0, 0.1) is 0 Å². The smallest absolute Gasteiger partial charge is 0.165 e. The second-order valence-corrected chi connectivity index (χ2v) is 10.9. The maximum atomic E-state index is 6.39. The van der Waals surface area contributed by atoms with Crippen molar-refractivity contribution in [1.82, 2.24) is 15.0 Å². The van der Waals surface area contributed by atoms with Crippen molar-refractivity contribution >= 4 is 65.0 Å². The largest absolute Gasteiger partial charge is 0.456 e. The zero-order valence-corrected chi connectivity index (χ0v) is 22.0. The first-order valence-corrected chi connectivity index (χ1v) is 13.8. The Kier molecular flexibility index (Phi) is 5.02. The molecule has 0 aliphatic carbocycles. The molecule has 0 saturated heterocycles. The molecule has 0 N–H and O–H groups in total. The van der Waals surface area contributed by atoms with Crippen LogP contribution in [-0.4, -0.2) is 15.0 Å². The number of hydrogen-bond donors (Lipinski definition) is 0. The van der Waals surface area contributed by atoms with Crippen molar-refractivity contribution in [3.8, 4) is 34.2 Å². The molecule has 3 aromatic heterocycles. The first-order chi connectivity index (χ1) is 19.2. The molecule has 0 amide bonds. The molecule has 0 saturated carbocycles. The molecule has 0 atom stereocenters. The number of halogens is 1. The Hall–Kier alpha value is -4.58. The van der Waals surface area contributed by atoms with Gasteiger partial charge >= 0.3 is 0 Å². The summed E-state index contributed by atoms with van der Waals surface area (Å²) >= 11 is 8.16. The predicted molar refractivity (Wildman–Crippen MR) is 161 cm³/mol. The molecule has 8 rings (SSSR count). The summed E-state index contributed by atoms with van der Waals surface area (Å²) in [6.45, 7) is 0. The summed E-state index contributed by atoms with van der Waals surface area (Å²) in [7, 11) is 0. The minimum absolute atomic E-state index is 0.588. The van der Waals surface area contributed by atoms with Crippen LogP contribution in [0.5, 0.6) is 0 Å². The number of hydrogen-bond acceptors (Lipinski definition) is 5. The third kappa shape index (κ3) is 3.62. The summed E-state index contributed by atoms with van der Waals surface area (Å²) in [6.07, 6.45) is 0. The maximum Gasteiger partial charge on any atom is 0.165 e. The third-order valence-electron chi connectivity index (χ3n) is 7.01. The van der Waals surface area contributed by atoms with E-state index in [-0.39, 0.29) is 0 Å². The molecule has 6 heteroatoms. The van der Waals surface area contributed by atoms with Crippen LogP contribution in [-0.2, 0) is 0 Å². The zero-order valence-electron chi connectivity index (χ0n) is 20.4. The SMILES string of the molecule is Clc1ccc2oc3cccc(-c4nc(-c5ccccc5)nc(-c5cccc6c5sc5ccccc56)n4)c3c2c1. The van der Waals surface area contributed by atoms with Gasteiger partial charge in [-0.1, -0.05) is 84.4 Å². The van der Waals surface area contributed by atoms with Crippen molar-refractivity contribution in [2.24, 2.45) is 0 Å². The number of fused-ring (bicyclic) bond motifs is 6. The van der Waals surface area contributed by atoms with Gasteiger partial charge in [-0.05, 0) is 36.4 Å². The molecule has 4 nitrogen and oxygen atoms in total. The molecule has 5 aromatic carbocycles. The fourth-order valence-corrected chi connectivity index (χ4v) is 6.63. The van der Waals surface area contributed by atoms with Crippen molar-refractivity contribution < 1.29 is 4.42 Å². The lowest BCUT2D eigenvalue weighted by Gasteiger charge is -2.10. The predicted octanol–water partition coefficient (Wildman–Crippen LogP) is 9.79. The highest BCUT2D eigenvalue weighted by atomic mass is 35.5. The van der Waals surface area contributed by atoms with E-state index in [4.69, 9.17) is 31.0 Å². The molecule has 0 aliphatic heterocycles. The van der Waals surface area contributed by atoms with Gasteiger partial charge in [-0.15, -0.1) is 11.3 Å². The quantitative estimate of drug-likeness (QED) is 0.224. The molecule has 0 bridgehead atoms. The monoisotopic (exact) mass is 539 g/mol. The second-order valence-electron chi connectivity index (χ2n) is 9.37. The standard InChI is InChI=1S/C33H18ClN3OS/c34-20-16-17-26-25(18-20)29-23(12-7-14-27(29)38-26)32-35-31(19-8-2-1-3-9-19)36-33(37-32)24-13-6-11-22-21-10-4-5-15-28(21)39-30(22)24/h1-18H. The highest BCUT2D eigenvalue weighted by Gasteiger charge is 2.19. The Labute approximate surface area is 232 Å². The number of benzene rings is 5. The lowest BCUT2D eigenvalue weighted by molar-refractivity contribution is 0.669. The molecule has 3 heterocycles. The van der Waals surface area contributed by atoms with Crippen LogP contribution >= 0.6 is 22.9 Å². The van der Waals surface area contributed by atoms with E-state index in [1.165, 1.54) is 15.5 Å². The van der Waals surface area contributed by atoms with Gasteiger partial charge in [0.25, 0.3) is 0 Å². The Morgan fingerprint density at radius 1 is 0.564 bits per heavy atom. The second kappa shape index (κ2) is 8.73. The van der Waals surface area contributed by atoms with Gasteiger partial charge in [-0.2, -0.15) is 0 Å². The summed E-state index contributed by atoms with van der Waals surface area (Å²) in [5.74, 6) is 1.85. The van der Waals surface area contributed by atoms with Gasteiger partial charge in [0.2, 0.25) is 0 Å². The molecule has 0 spiro atoms. The van der Waals surface area contributed by atoms with Gasteiger partial charge in [0.05, 0.1) is 0 Å². The van der Waals surface area contributed by atoms with Crippen LogP contribution in [0.3, 0.4) is 0 Å². The van der Waals surface area contributed by atoms with Gasteiger partial charge in [-0.25, -0.2) is 15.0 Å². The normalized spacial score (nSPS) is 11.7. The van der Waals surface area contributed by atoms with E-state index in [1.807, 2.05) is 66.7 Å². The van der Waals surface area contributed by atoms with E-state index in [0.717, 1.165) is 43.3 Å². The van der Waals surface area contributed by atoms with E-state index in [2.05, 4.69) is 42.5 Å². The zero-order chi connectivity index (χ0) is 25.9. The molecule has 8 aromatic rings. The van der Waals surface area contributed by atoms with Crippen molar-refractivity contribution in [1.29, 1.82) is 0 Å². The average molecular weight is 540 g/mol. The topological polar surface area (TPSA) is 51.8 Å². The highest BCUT2D eigenvalue weighted by Crippen LogP contribution is 2.41.